The molecule has 1 heterocycles. The number of nitrogens with zero attached hydrogens (tertiary/aromatic N) is 1. The first kappa shape index (κ1) is 11.6. The van der Waals surface area contributed by atoms with Crippen LogP contribution >= 0.6 is 0 Å². The minimum absolute atomic E-state index is 0.0222. The molecule has 1 aromatic rings. The van der Waals surface area contributed by atoms with E-state index in [2.05, 4.69) is 4.74 Å². The van der Waals surface area contributed by atoms with E-state index in [0.29, 0.717) is 6.54 Å². The van der Waals surface area contributed by atoms with Gasteiger partial charge in [0, 0.05) is 18.7 Å². The van der Waals surface area contributed by atoms with Crippen LogP contribution in [0, 0.1) is 12.8 Å². The second-order valence-corrected chi connectivity index (χ2v) is 4.27. The molecule has 0 saturated carbocycles. The lowest BCUT2D eigenvalue weighted by Gasteiger charge is -2.16. The summed E-state index contributed by atoms with van der Waals surface area (Å²) in [5, 5.41) is 0. The SMILES string of the molecule is COC(=O)C1CC(=O)N(c2cccc(C)c2)C1. The van der Waals surface area contributed by atoms with E-state index >= 15 is 0 Å². The number of carbonyl (C=O) groups excluding carboxylic acids is 2. The van der Waals surface area contributed by atoms with Gasteiger partial charge in [-0.3, -0.25) is 9.59 Å². The molecule has 1 saturated heterocycles. The largest absolute Gasteiger partial charge is 0.469 e. The predicted molar refractivity (Wildman–Crippen MR) is 63.7 cm³/mol. The molecule has 0 N–H and O–H groups in total. The van der Waals surface area contributed by atoms with Gasteiger partial charge < -0.3 is 9.64 Å². The van der Waals surface area contributed by atoms with Gasteiger partial charge in [-0.2, -0.15) is 0 Å². The lowest BCUT2D eigenvalue weighted by molar-refractivity contribution is -0.145. The fourth-order valence-electron chi connectivity index (χ4n) is 2.08. The van der Waals surface area contributed by atoms with Crippen LogP contribution in [0.2, 0.25) is 0 Å². The summed E-state index contributed by atoms with van der Waals surface area (Å²) in [5.74, 6) is -0.674. The maximum atomic E-state index is 11.8. The van der Waals surface area contributed by atoms with E-state index in [1.165, 1.54) is 7.11 Å². The normalized spacial score (nSPS) is 19.5. The van der Waals surface area contributed by atoms with Crippen molar-refractivity contribution in [2.75, 3.05) is 18.6 Å². The number of ether oxygens (including phenoxy) is 1. The highest BCUT2D eigenvalue weighted by Gasteiger charge is 2.35. The topological polar surface area (TPSA) is 46.6 Å². The van der Waals surface area contributed by atoms with Crippen LogP contribution in [0.25, 0.3) is 0 Å². The summed E-state index contributed by atoms with van der Waals surface area (Å²) in [6, 6.07) is 7.70. The summed E-state index contributed by atoms with van der Waals surface area (Å²) in [7, 11) is 1.35. The Morgan fingerprint density at radius 3 is 2.88 bits per heavy atom. The maximum absolute atomic E-state index is 11.8. The molecule has 0 radical (unpaired) electrons. The summed E-state index contributed by atoms with van der Waals surface area (Å²) in [6.45, 7) is 2.39. The number of methoxy groups -OCH3 is 1. The highest BCUT2D eigenvalue weighted by atomic mass is 16.5. The molecule has 17 heavy (non-hydrogen) atoms. The second-order valence-electron chi connectivity index (χ2n) is 4.27. The molecule has 0 spiro atoms. The lowest BCUT2D eigenvalue weighted by atomic mass is 10.1. The third kappa shape index (κ3) is 2.30. The van der Waals surface area contributed by atoms with Crippen LogP contribution in [0.3, 0.4) is 0 Å². The van der Waals surface area contributed by atoms with Gasteiger partial charge in [-0.1, -0.05) is 12.1 Å². The van der Waals surface area contributed by atoms with Crippen molar-refractivity contribution >= 4 is 17.6 Å². The van der Waals surface area contributed by atoms with Gasteiger partial charge in [0.1, 0.15) is 0 Å². The summed E-state index contributed by atoms with van der Waals surface area (Å²) >= 11 is 0. The molecule has 0 bridgehead atoms. The fourth-order valence-corrected chi connectivity index (χ4v) is 2.08. The van der Waals surface area contributed by atoms with Crippen LogP contribution in [0.5, 0.6) is 0 Å². The number of hydrogen-bond donors (Lipinski definition) is 0. The van der Waals surface area contributed by atoms with Gasteiger partial charge in [0.15, 0.2) is 0 Å². The molecule has 1 aromatic carbocycles. The van der Waals surface area contributed by atoms with Crippen molar-refractivity contribution in [2.24, 2.45) is 5.92 Å². The average molecular weight is 233 g/mol. The predicted octanol–water partition coefficient (Wildman–Crippen LogP) is 1.52. The Bertz CT molecular complexity index is 456. The van der Waals surface area contributed by atoms with Crippen LogP contribution in [-0.4, -0.2) is 25.5 Å². The standard InChI is InChI=1S/C13H15NO3/c1-9-4-3-5-11(6-9)14-8-10(7-12(14)15)13(16)17-2/h3-6,10H,7-8H2,1-2H3. The molecule has 2 rings (SSSR count). The van der Waals surface area contributed by atoms with Crippen molar-refractivity contribution in [1.82, 2.24) is 0 Å². The first-order valence-electron chi connectivity index (χ1n) is 5.56. The zero-order valence-electron chi connectivity index (χ0n) is 9.97. The zero-order valence-corrected chi connectivity index (χ0v) is 9.97. The van der Waals surface area contributed by atoms with E-state index in [9.17, 15) is 9.59 Å². The molecule has 1 aliphatic heterocycles. The summed E-state index contributed by atoms with van der Waals surface area (Å²) in [5.41, 5.74) is 1.94. The number of benzene rings is 1. The monoisotopic (exact) mass is 233 g/mol. The van der Waals surface area contributed by atoms with Gasteiger partial charge in [-0.05, 0) is 24.6 Å². The van der Waals surface area contributed by atoms with E-state index in [1.807, 2.05) is 31.2 Å². The van der Waals surface area contributed by atoms with E-state index in [1.54, 1.807) is 4.90 Å². The third-order valence-corrected chi connectivity index (χ3v) is 2.97. The summed E-state index contributed by atoms with van der Waals surface area (Å²) in [4.78, 5) is 24.9. The minimum Gasteiger partial charge on any atom is -0.469 e. The molecule has 1 aliphatic rings. The highest BCUT2D eigenvalue weighted by molar-refractivity contribution is 5.99. The second kappa shape index (κ2) is 4.57. The van der Waals surface area contributed by atoms with Gasteiger partial charge in [0.2, 0.25) is 5.91 Å². The first-order chi connectivity index (χ1) is 8.11. The molecule has 1 atom stereocenters. The van der Waals surface area contributed by atoms with E-state index in [4.69, 9.17) is 0 Å². The number of rotatable bonds is 2. The van der Waals surface area contributed by atoms with Gasteiger partial charge in [-0.25, -0.2) is 0 Å². The van der Waals surface area contributed by atoms with Crippen molar-refractivity contribution in [1.29, 1.82) is 0 Å². The highest BCUT2D eigenvalue weighted by Crippen LogP contribution is 2.26. The molecule has 1 unspecified atom stereocenters. The van der Waals surface area contributed by atoms with Gasteiger partial charge in [0.05, 0.1) is 13.0 Å². The Labute approximate surface area is 100 Å². The van der Waals surface area contributed by atoms with E-state index in [0.717, 1.165) is 11.3 Å². The summed E-state index contributed by atoms with van der Waals surface area (Å²) < 4.78 is 4.67. The van der Waals surface area contributed by atoms with Crippen LogP contribution < -0.4 is 4.90 Å². The molecular formula is C13H15NO3. The number of carbonyl (C=O) groups is 2. The number of hydrogen-bond acceptors (Lipinski definition) is 3. The number of esters is 1. The maximum Gasteiger partial charge on any atom is 0.311 e. The molecule has 0 aliphatic carbocycles. The first-order valence-corrected chi connectivity index (χ1v) is 5.56. The van der Waals surface area contributed by atoms with Crippen molar-refractivity contribution < 1.29 is 14.3 Å². The van der Waals surface area contributed by atoms with E-state index in [-0.39, 0.29) is 24.2 Å². The van der Waals surface area contributed by atoms with Gasteiger partial charge in [0.25, 0.3) is 0 Å². The Morgan fingerprint density at radius 2 is 2.24 bits per heavy atom. The van der Waals surface area contributed by atoms with Crippen LogP contribution in [0.1, 0.15) is 12.0 Å². The Balaban J connectivity index is 2.18. The van der Waals surface area contributed by atoms with Crippen LogP contribution in [0.15, 0.2) is 24.3 Å². The molecule has 1 fully saturated rings. The minimum atomic E-state index is -0.340. The van der Waals surface area contributed by atoms with Gasteiger partial charge in [-0.15, -0.1) is 0 Å². The van der Waals surface area contributed by atoms with Crippen molar-refractivity contribution in [3.63, 3.8) is 0 Å². The molecule has 4 heteroatoms. The number of aryl methyl sites for hydroxylation is 1. The molecular weight excluding hydrogens is 218 g/mol. The quantitative estimate of drug-likeness (QED) is 0.728. The smallest absolute Gasteiger partial charge is 0.311 e. The molecule has 90 valence electrons. The van der Waals surface area contributed by atoms with Crippen LogP contribution in [-0.2, 0) is 14.3 Å². The third-order valence-electron chi connectivity index (χ3n) is 2.97. The number of anilines is 1. The average Bonchev–Trinajstić information content (AvgIpc) is 2.70. The Kier molecular flexibility index (Phi) is 3.13. The summed E-state index contributed by atoms with van der Waals surface area (Å²) in [6.07, 6.45) is 0.237. The molecule has 1 amide bonds. The fraction of sp³-hybridized carbons (Fsp3) is 0.385. The Morgan fingerprint density at radius 1 is 1.47 bits per heavy atom. The van der Waals surface area contributed by atoms with Gasteiger partial charge >= 0.3 is 5.97 Å². The zero-order chi connectivity index (χ0) is 12.4. The van der Waals surface area contributed by atoms with Crippen molar-refractivity contribution in [2.45, 2.75) is 13.3 Å². The molecule has 0 aromatic heterocycles. The van der Waals surface area contributed by atoms with E-state index < -0.39 is 0 Å². The van der Waals surface area contributed by atoms with Crippen molar-refractivity contribution in [3.05, 3.63) is 29.8 Å². The Hall–Kier alpha value is -1.84. The van der Waals surface area contributed by atoms with Crippen molar-refractivity contribution in [3.8, 4) is 0 Å². The number of amides is 1. The lowest BCUT2D eigenvalue weighted by Crippen LogP contribution is -2.26. The molecule has 4 nitrogen and oxygen atoms in total. The van der Waals surface area contributed by atoms with Crippen LogP contribution in [0.4, 0.5) is 5.69 Å².